The van der Waals surface area contributed by atoms with Crippen molar-refractivity contribution in [2.45, 2.75) is 51.6 Å². The highest BCUT2D eigenvalue weighted by Gasteiger charge is 2.56. The third-order valence-corrected chi connectivity index (χ3v) is 4.43. The second kappa shape index (κ2) is 5.29. The Bertz CT molecular complexity index is 702. The molecular formula is C15H22N6O3. The lowest BCUT2D eigenvalue weighted by Gasteiger charge is -2.20. The normalized spacial score (nSPS) is 24.2. The Labute approximate surface area is 139 Å². The molecule has 1 aromatic heterocycles. The fourth-order valence-corrected chi connectivity index (χ4v) is 2.75. The van der Waals surface area contributed by atoms with Crippen LogP contribution in [0.15, 0.2) is 6.33 Å². The molecule has 1 unspecified atom stereocenters. The summed E-state index contributed by atoms with van der Waals surface area (Å²) < 4.78 is 1.63. The molecule has 1 saturated heterocycles. The van der Waals surface area contributed by atoms with E-state index >= 15 is 0 Å². The van der Waals surface area contributed by atoms with Gasteiger partial charge in [-0.25, -0.2) is 14.5 Å². The van der Waals surface area contributed by atoms with Crippen molar-refractivity contribution in [1.82, 2.24) is 25.0 Å². The van der Waals surface area contributed by atoms with E-state index in [0.29, 0.717) is 0 Å². The fraction of sp³-hybridized carbons (Fsp3) is 0.667. The number of urea groups is 1. The molecule has 3 rings (SSSR count). The van der Waals surface area contributed by atoms with Gasteiger partial charge >= 0.3 is 6.03 Å². The molecular weight excluding hydrogens is 312 g/mol. The van der Waals surface area contributed by atoms with Crippen LogP contribution >= 0.6 is 0 Å². The number of hydrogen-bond acceptors (Lipinski definition) is 5. The van der Waals surface area contributed by atoms with Gasteiger partial charge in [0.05, 0.1) is 5.54 Å². The molecule has 2 heterocycles. The molecule has 2 aliphatic rings. The Morgan fingerprint density at radius 1 is 1.42 bits per heavy atom. The number of aromatic nitrogens is 3. The molecule has 0 bridgehead atoms. The van der Waals surface area contributed by atoms with Crippen LogP contribution in [0.4, 0.5) is 10.7 Å². The summed E-state index contributed by atoms with van der Waals surface area (Å²) in [6, 6.07) is -0.530. The van der Waals surface area contributed by atoms with Crippen LogP contribution in [0, 0.1) is 5.92 Å². The van der Waals surface area contributed by atoms with E-state index in [0.717, 1.165) is 17.7 Å². The van der Waals surface area contributed by atoms with Crippen LogP contribution in [-0.4, -0.2) is 49.6 Å². The van der Waals surface area contributed by atoms with Crippen LogP contribution in [0.5, 0.6) is 0 Å². The molecule has 24 heavy (non-hydrogen) atoms. The number of amides is 4. The summed E-state index contributed by atoms with van der Waals surface area (Å²) >= 11 is 0. The Morgan fingerprint density at radius 2 is 2.08 bits per heavy atom. The number of imide groups is 1. The van der Waals surface area contributed by atoms with Crippen LogP contribution in [0.25, 0.3) is 0 Å². The summed E-state index contributed by atoms with van der Waals surface area (Å²) in [5.41, 5.74) is -1.14. The maximum Gasteiger partial charge on any atom is 0.325 e. The number of nitrogens with zero attached hydrogens (tertiary/aromatic N) is 4. The van der Waals surface area contributed by atoms with Crippen LogP contribution < -0.4 is 10.6 Å². The van der Waals surface area contributed by atoms with E-state index in [1.54, 1.807) is 11.6 Å². The predicted molar refractivity (Wildman–Crippen MR) is 85.0 cm³/mol. The first-order valence-corrected chi connectivity index (χ1v) is 7.97. The molecule has 1 aliphatic heterocycles. The van der Waals surface area contributed by atoms with Gasteiger partial charge in [-0.3, -0.25) is 19.8 Å². The number of carbonyl (C=O) groups excluding carboxylic acids is 3. The van der Waals surface area contributed by atoms with Crippen molar-refractivity contribution in [2.24, 2.45) is 5.92 Å². The highest BCUT2D eigenvalue weighted by atomic mass is 16.2. The average molecular weight is 334 g/mol. The number of anilines is 1. The summed E-state index contributed by atoms with van der Waals surface area (Å²) in [5, 5.41) is 9.40. The molecule has 0 spiro atoms. The lowest BCUT2D eigenvalue weighted by molar-refractivity contribution is -0.134. The number of carbonyl (C=O) groups is 3. The number of rotatable bonds is 4. The molecule has 1 saturated carbocycles. The third kappa shape index (κ3) is 2.85. The first kappa shape index (κ1) is 16.4. The van der Waals surface area contributed by atoms with Crippen LogP contribution in [-0.2, 0) is 15.1 Å². The summed E-state index contributed by atoms with van der Waals surface area (Å²) in [4.78, 5) is 41.6. The Kier molecular flexibility index (Phi) is 3.61. The van der Waals surface area contributed by atoms with Gasteiger partial charge in [-0.05, 0) is 46.5 Å². The van der Waals surface area contributed by atoms with E-state index in [9.17, 15) is 14.4 Å². The zero-order valence-corrected chi connectivity index (χ0v) is 14.3. The summed E-state index contributed by atoms with van der Waals surface area (Å²) in [6.07, 6.45) is 3.35. The average Bonchev–Trinajstić information content (AvgIpc) is 3.18. The molecule has 130 valence electrons. The first-order chi connectivity index (χ1) is 11.1. The zero-order chi connectivity index (χ0) is 17.7. The van der Waals surface area contributed by atoms with E-state index in [1.165, 1.54) is 6.33 Å². The topological polar surface area (TPSA) is 109 Å². The van der Waals surface area contributed by atoms with Crippen molar-refractivity contribution < 1.29 is 14.4 Å². The molecule has 1 atom stereocenters. The minimum Gasteiger partial charge on any atom is -0.323 e. The Balaban J connectivity index is 1.64. The first-order valence-electron chi connectivity index (χ1n) is 7.97. The second-order valence-electron chi connectivity index (χ2n) is 7.53. The van der Waals surface area contributed by atoms with Gasteiger partial charge in [0.25, 0.3) is 5.91 Å². The molecule has 9 nitrogen and oxygen atoms in total. The second-order valence-corrected chi connectivity index (χ2v) is 7.53. The monoisotopic (exact) mass is 334 g/mol. The molecule has 2 fully saturated rings. The van der Waals surface area contributed by atoms with Crippen molar-refractivity contribution in [3.63, 3.8) is 0 Å². The van der Waals surface area contributed by atoms with E-state index in [4.69, 9.17) is 0 Å². The van der Waals surface area contributed by atoms with Crippen molar-refractivity contribution in [3.05, 3.63) is 6.33 Å². The van der Waals surface area contributed by atoms with Gasteiger partial charge in [-0.1, -0.05) is 0 Å². The number of hydrogen-bond donors (Lipinski definition) is 2. The Hall–Kier alpha value is -2.45. The lowest BCUT2D eigenvalue weighted by Crippen LogP contribution is -2.46. The van der Waals surface area contributed by atoms with E-state index in [2.05, 4.69) is 20.7 Å². The molecule has 1 aliphatic carbocycles. The Morgan fingerprint density at radius 3 is 2.62 bits per heavy atom. The third-order valence-electron chi connectivity index (χ3n) is 4.43. The number of nitrogens with one attached hydrogen (secondary N) is 2. The highest BCUT2D eigenvalue weighted by Crippen LogP contribution is 2.42. The van der Waals surface area contributed by atoms with Crippen LogP contribution in [0.1, 0.15) is 40.5 Å². The van der Waals surface area contributed by atoms with Gasteiger partial charge in [0.2, 0.25) is 11.9 Å². The minimum absolute atomic E-state index is 0.145. The molecule has 4 amide bonds. The molecule has 2 N–H and O–H groups in total. The summed E-state index contributed by atoms with van der Waals surface area (Å²) in [7, 11) is 0. The van der Waals surface area contributed by atoms with Gasteiger partial charge in [0.1, 0.15) is 18.4 Å². The van der Waals surface area contributed by atoms with Crippen LogP contribution in [0.2, 0.25) is 0 Å². The lowest BCUT2D eigenvalue weighted by atomic mass is 9.96. The largest absolute Gasteiger partial charge is 0.325 e. The van der Waals surface area contributed by atoms with Crippen LogP contribution in [0.3, 0.4) is 0 Å². The van der Waals surface area contributed by atoms with Crippen molar-refractivity contribution in [2.75, 3.05) is 11.9 Å². The predicted octanol–water partition coefficient (Wildman–Crippen LogP) is 0.692. The maximum absolute atomic E-state index is 12.5. The minimum atomic E-state index is -0.885. The van der Waals surface area contributed by atoms with Crippen molar-refractivity contribution in [1.29, 1.82) is 0 Å². The quantitative estimate of drug-likeness (QED) is 0.788. The van der Waals surface area contributed by atoms with Gasteiger partial charge in [-0.15, -0.1) is 5.10 Å². The van der Waals surface area contributed by atoms with E-state index in [1.807, 2.05) is 20.8 Å². The van der Waals surface area contributed by atoms with Crippen molar-refractivity contribution >= 4 is 23.8 Å². The van der Waals surface area contributed by atoms with Gasteiger partial charge < -0.3 is 5.32 Å². The van der Waals surface area contributed by atoms with Gasteiger partial charge in [0, 0.05) is 0 Å². The van der Waals surface area contributed by atoms with E-state index in [-0.39, 0.29) is 29.9 Å². The zero-order valence-electron chi connectivity index (χ0n) is 14.3. The molecule has 1 aromatic rings. The molecule has 0 radical (unpaired) electrons. The molecule has 9 heteroatoms. The standard InChI is InChI=1S/C15H22N6O3/c1-14(2,3)21-8-16-12(19-21)17-10(22)7-20-11(23)15(4,9-5-6-9)18-13(20)24/h8-9H,5-7H2,1-4H3,(H,18,24)(H,17,19,22). The smallest absolute Gasteiger partial charge is 0.323 e. The summed E-state index contributed by atoms with van der Waals surface area (Å²) in [6.45, 7) is 7.24. The SMILES string of the molecule is CC1(C2CC2)NC(=O)N(CC(=O)Nc2ncn(C(C)(C)C)n2)C1=O. The fourth-order valence-electron chi connectivity index (χ4n) is 2.75. The van der Waals surface area contributed by atoms with E-state index < -0.39 is 17.5 Å². The summed E-state index contributed by atoms with van der Waals surface area (Å²) in [5.74, 6) is -0.554. The van der Waals surface area contributed by atoms with Gasteiger partial charge in [0.15, 0.2) is 0 Å². The molecule has 0 aromatic carbocycles. The maximum atomic E-state index is 12.5. The van der Waals surface area contributed by atoms with Gasteiger partial charge in [-0.2, -0.15) is 0 Å². The highest BCUT2D eigenvalue weighted by molar-refractivity contribution is 6.10. The van der Waals surface area contributed by atoms with Crippen molar-refractivity contribution in [3.8, 4) is 0 Å².